The molecule has 1 aromatic heterocycles. The second kappa shape index (κ2) is 5.07. The van der Waals surface area contributed by atoms with E-state index in [2.05, 4.69) is 15.2 Å². The predicted molar refractivity (Wildman–Crippen MR) is 77.7 cm³/mol. The number of benzene rings is 1. The maximum atomic E-state index is 11.1. The average molecular weight is 270 g/mol. The monoisotopic (exact) mass is 270 g/mol. The number of carbonyl (C=O) groups is 1. The van der Waals surface area contributed by atoms with Crippen LogP contribution in [0.3, 0.4) is 0 Å². The minimum Gasteiger partial charge on any atom is -0.378 e. The Labute approximate surface area is 118 Å². The highest BCUT2D eigenvalue weighted by Crippen LogP contribution is 2.38. The summed E-state index contributed by atoms with van der Waals surface area (Å²) in [4.78, 5) is 13.2. The predicted octanol–water partition coefficient (Wildman–Crippen LogP) is 2.41. The Kier molecular flexibility index (Phi) is 3.26. The third kappa shape index (κ3) is 2.09. The number of anilines is 1. The molecule has 1 heterocycles. The molecule has 1 fully saturated rings. The lowest BCUT2D eigenvalue weighted by Gasteiger charge is -2.26. The summed E-state index contributed by atoms with van der Waals surface area (Å²) in [5.41, 5.74) is 3.53. The van der Waals surface area contributed by atoms with Crippen LogP contribution in [0.4, 0.5) is 5.69 Å². The number of aldehydes is 1. The van der Waals surface area contributed by atoms with Crippen LogP contribution in [0.5, 0.6) is 0 Å². The van der Waals surface area contributed by atoms with Crippen LogP contribution in [-0.4, -0.2) is 35.4 Å². The van der Waals surface area contributed by atoms with Crippen LogP contribution in [0.2, 0.25) is 0 Å². The van der Waals surface area contributed by atoms with E-state index >= 15 is 0 Å². The molecule has 0 unspecified atom stereocenters. The quantitative estimate of drug-likeness (QED) is 0.801. The molecule has 0 amide bonds. The number of hydrogen-bond acceptors (Lipinski definition) is 4. The van der Waals surface area contributed by atoms with Crippen molar-refractivity contribution >= 4 is 12.0 Å². The lowest BCUT2D eigenvalue weighted by molar-refractivity contribution is 0.111. The van der Waals surface area contributed by atoms with Gasteiger partial charge in [0.2, 0.25) is 0 Å². The van der Waals surface area contributed by atoms with E-state index < -0.39 is 0 Å². The van der Waals surface area contributed by atoms with Gasteiger partial charge in [-0.25, -0.2) is 4.68 Å². The van der Waals surface area contributed by atoms with E-state index in [1.807, 2.05) is 43.0 Å². The van der Waals surface area contributed by atoms with E-state index in [1.165, 1.54) is 6.42 Å². The maximum Gasteiger partial charge on any atom is 0.172 e. The first-order valence-corrected chi connectivity index (χ1v) is 6.89. The number of hydrogen-bond donors (Lipinski definition) is 0. The highest BCUT2D eigenvalue weighted by atomic mass is 16.1. The van der Waals surface area contributed by atoms with Gasteiger partial charge in [-0.3, -0.25) is 4.79 Å². The Hall–Kier alpha value is -2.17. The Morgan fingerprint density at radius 2 is 1.95 bits per heavy atom. The maximum absolute atomic E-state index is 11.1. The molecule has 0 radical (unpaired) electrons. The molecule has 0 spiro atoms. The molecule has 0 bridgehead atoms. The minimum absolute atomic E-state index is 0.415. The lowest BCUT2D eigenvalue weighted by Crippen LogP contribution is -2.16. The van der Waals surface area contributed by atoms with Gasteiger partial charge in [0.15, 0.2) is 6.29 Å². The molecule has 2 aromatic rings. The Bertz CT molecular complexity index is 611. The standard InChI is InChI=1S/C15H18N4O/c1-18(2)12-6-8-13(9-7-12)19-15(11-4-3-5-11)14(10-20)16-17-19/h6-11H,3-5H2,1-2H3. The van der Waals surface area contributed by atoms with E-state index in [0.717, 1.165) is 36.2 Å². The van der Waals surface area contributed by atoms with Crippen molar-refractivity contribution in [1.82, 2.24) is 15.0 Å². The normalized spacial score (nSPS) is 14.9. The van der Waals surface area contributed by atoms with Gasteiger partial charge in [-0.1, -0.05) is 11.6 Å². The third-order valence-electron chi connectivity index (χ3n) is 3.95. The summed E-state index contributed by atoms with van der Waals surface area (Å²) >= 11 is 0. The summed E-state index contributed by atoms with van der Waals surface area (Å²) in [6, 6.07) is 8.12. The van der Waals surface area contributed by atoms with Gasteiger partial charge >= 0.3 is 0 Å². The molecule has 1 saturated carbocycles. The lowest BCUT2D eigenvalue weighted by atomic mass is 9.82. The summed E-state index contributed by atoms with van der Waals surface area (Å²) in [6.07, 6.45) is 4.26. The largest absolute Gasteiger partial charge is 0.378 e. The van der Waals surface area contributed by atoms with Crippen molar-refractivity contribution in [2.24, 2.45) is 0 Å². The van der Waals surface area contributed by atoms with Gasteiger partial charge in [-0.2, -0.15) is 0 Å². The molecule has 104 valence electrons. The number of aromatic nitrogens is 3. The van der Waals surface area contributed by atoms with E-state index in [-0.39, 0.29) is 0 Å². The van der Waals surface area contributed by atoms with Crippen molar-refractivity contribution in [3.05, 3.63) is 35.7 Å². The van der Waals surface area contributed by atoms with Gasteiger partial charge in [0.05, 0.1) is 11.4 Å². The highest BCUT2D eigenvalue weighted by Gasteiger charge is 2.28. The summed E-state index contributed by atoms with van der Waals surface area (Å²) in [6.45, 7) is 0. The second-order valence-corrected chi connectivity index (χ2v) is 5.43. The van der Waals surface area contributed by atoms with Crippen LogP contribution in [0.25, 0.3) is 5.69 Å². The molecule has 0 N–H and O–H groups in total. The topological polar surface area (TPSA) is 51.0 Å². The van der Waals surface area contributed by atoms with E-state index in [4.69, 9.17) is 0 Å². The first kappa shape index (κ1) is 12.8. The van der Waals surface area contributed by atoms with Crippen molar-refractivity contribution < 1.29 is 4.79 Å². The first-order chi connectivity index (χ1) is 9.70. The molecular weight excluding hydrogens is 252 g/mol. The van der Waals surface area contributed by atoms with Crippen molar-refractivity contribution in [3.8, 4) is 5.69 Å². The zero-order chi connectivity index (χ0) is 14.1. The average Bonchev–Trinajstić information content (AvgIpc) is 2.80. The Morgan fingerprint density at radius 3 is 2.45 bits per heavy atom. The molecule has 0 atom stereocenters. The first-order valence-electron chi connectivity index (χ1n) is 6.89. The molecule has 0 saturated heterocycles. The minimum atomic E-state index is 0.415. The van der Waals surface area contributed by atoms with E-state index in [9.17, 15) is 4.79 Å². The van der Waals surface area contributed by atoms with Gasteiger partial charge in [0.25, 0.3) is 0 Å². The molecule has 1 aliphatic rings. The van der Waals surface area contributed by atoms with Gasteiger partial charge in [0, 0.05) is 25.7 Å². The van der Waals surface area contributed by atoms with Crippen LogP contribution in [0.15, 0.2) is 24.3 Å². The smallest absolute Gasteiger partial charge is 0.172 e. The summed E-state index contributed by atoms with van der Waals surface area (Å²) < 4.78 is 1.81. The van der Waals surface area contributed by atoms with Gasteiger partial charge in [0.1, 0.15) is 5.69 Å². The number of nitrogens with zero attached hydrogens (tertiary/aromatic N) is 4. The van der Waals surface area contributed by atoms with Crippen LogP contribution in [-0.2, 0) is 0 Å². The molecule has 1 aromatic carbocycles. The fourth-order valence-electron chi connectivity index (χ4n) is 2.53. The third-order valence-corrected chi connectivity index (χ3v) is 3.95. The highest BCUT2D eigenvalue weighted by molar-refractivity contribution is 5.74. The Morgan fingerprint density at radius 1 is 1.25 bits per heavy atom. The van der Waals surface area contributed by atoms with Gasteiger partial charge in [-0.05, 0) is 37.1 Å². The summed E-state index contributed by atoms with van der Waals surface area (Å²) in [5.74, 6) is 0.415. The van der Waals surface area contributed by atoms with Gasteiger partial charge < -0.3 is 4.90 Å². The molecule has 5 nitrogen and oxygen atoms in total. The zero-order valence-corrected chi connectivity index (χ0v) is 11.8. The number of carbonyl (C=O) groups excluding carboxylic acids is 1. The fourth-order valence-corrected chi connectivity index (χ4v) is 2.53. The molecule has 1 aliphatic carbocycles. The van der Waals surface area contributed by atoms with Crippen molar-refractivity contribution in [1.29, 1.82) is 0 Å². The van der Waals surface area contributed by atoms with Crippen LogP contribution in [0.1, 0.15) is 41.4 Å². The molecule has 20 heavy (non-hydrogen) atoms. The van der Waals surface area contributed by atoms with Crippen molar-refractivity contribution in [2.45, 2.75) is 25.2 Å². The van der Waals surface area contributed by atoms with Crippen LogP contribution < -0.4 is 4.90 Å². The second-order valence-electron chi connectivity index (χ2n) is 5.43. The molecule has 0 aliphatic heterocycles. The summed E-state index contributed by atoms with van der Waals surface area (Å²) in [5, 5.41) is 8.16. The SMILES string of the molecule is CN(C)c1ccc(-n2nnc(C=O)c2C2CCC2)cc1. The molecule has 5 heteroatoms. The fraction of sp³-hybridized carbons (Fsp3) is 0.400. The number of rotatable bonds is 4. The molecular formula is C15H18N4O. The van der Waals surface area contributed by atoms with E-state index in [1.54, 1.807) is 0 Å². The molecule has 3 rings (SSSR count). The Balaban J connectivity index is 2.00. The van der Waals surface area contributed by atoms with Crippen LogP contribution in [0, 0.1) is 0 Å². The summed E-state index contributed by atoms with van der Waals surface area (Å²) in [7, 11) is 4.02. The zero-order valence-electron chi connectivity index (χ0n) is 11.8. The van der Waals surface area contributed by atoms with E-state index in [0.29, 0.717) is 11.6 Å². The van der Waals surface area contributed by atoms with Crippen LogP contribution >= 0.6 is 0 Å². The van der Waals surface area contributed by atoms with Crippen molar-refractivity contribution in [2.75, 3.05) is 19.0 Å². The van der Waals surface area contributed by atoms with Gasteiger partial charge in [-0.15, -0.1) is 5.10 Å². The van der Waals surface area contributed by atoms with Crippen molar-refractivity contribution in [3.63, 3.8) is 0 Å².